The number of methoxy groups -OCH3 is 1. The molecule has 1 aliphatic rings. The fourth-order valence-electron chi connectivity index (χ4n) is 1.23. The lowest BCUT2D eigenvalue weighted by molar-refractivity contribution is 0.0884. The van der Waals surface area contributed by atoms with Gasteiger partial charge in [-0.2, -0.15) is 0 Å². The van der Waals surface area contributed by atoms with Crippen molar-refractivity contribution >= 4 is 6.09 Å². The molecule has 0 aromatic heterocycles. The number of nitrogens with one attached hydrogen (secondary N) is 1. The van der Waals surface area contributed by atoms with Gasteiger partial charge in [0.2, 0.25) is 0 Å². The van der Waals surface area contributed by atoms with Crippen molar-refractivity contribution in [3.05, 3.63) is 0 Å². The second kappa shape index (κ2) is 3.57. The van der Waals surface area contributed by atoms with Gasteiger partial charge in [-0.3, -0.25) is 10.2 Å². The number of rotatable bonds is 0. The third kappa shape index (κ3) is 1.83. The van der Waals surface area contributed by atoms with E-state index in [2.05, 4.69) is 10.1 Å². The molecule has 1 saturated heterocycles. The van der Waals surface area contributed by atoms with Crippen LogP contribution < -0.4 is 5.32 Å². The molecule has 1 fully saturated rings. The van der Waals surface area contributed by atoms with E-state index >= 15 is 0 Å². The van der Waals surface area contributed by atoms with E-state index in [1.54, 1.807) is 4.90 Å². The first kappa shape index (κ1) is 8.33. The molecule has 1 unspecified atom stereocenters. The van der Waals surface area contributed by atoms with Gasteiger partial charge in [-0.15, -0.1) is 0 Å². The predicted molar refractivity (Wildman–Crippen MR) is 41.2 cm³/mol. The van der Waals surface area contributed by atoms with Crippen molar-refractivity contribution in [2.24, 2.45) is 0 Å². The summed E-state index contributed by atoms with van der Waals surface area (Å²) in [5.74, 6) is 0. The van der Waals surface area contributed by atoms with Crippen molar-refractivity contribution in [2.75, 3.05) is 20.2 Å². The molecule has 0 aromatic carbocycles. The highest BCUT2D eigenvalue weighted by molar-refractivity contribution is 5.67. The fourth-order valence-corrected chi connectivity index (χ4v) is 1.23. The van der Waals surface area contributed by atoms with Crippen LogP contribution in [0.15, 0.2) is 0 Å². The van der Waals surface area contributed by atoms with Crippen LogP contribution in [-0.4, -0.2) is 37.4 Å². The molecular weight excluding hydrogens is 144 g/mol. The summed E-state index contributed by atoms with van der Waals surface area (Å²) in [4.78, 5) is 12.7. The van der Waals surface area contributed by atoms with Crippen molar-refractivity contribution < 1.29 is 9.53 Å². The Labute approximate surface area is 66.5 Å². The van der Waals surface area contributed by atoms with Gasteiger partial charge < -0.3 is 4.74 Å². The number of amides is 1. The summed E-state index contributed by atoms with van der Waals surface area (Å²) in [5, 5.41) is 3.17. The van der Waals surface area contributed by atoms with Gasteiger partial charge in [0.15, 0.2) is 0 Å². The molecule has 1 rings (SSSR count). The standard InChI is InChI=1S/C7H14N2O2/c1-6-8-4-3-5-9(6)7(10)11-2/h6,8H,3-5H2,1-2H3. The molecule has 1 aliphatic heterocycles. The van der Waals surface area contributed by atoms with Crippen LogP contribution in [0.25, 0.3) is 0 Å². The van der Waals surface area contributed by atoms with Gasteiger partial charge in [0, 0.05) is 6.54 Å². The Morgan fingerprint density at radius 3 is 3.00 bits per heavy atom. The third-order valence-corrected chi connectivity index (χ3v) is 1.89. The molecular formula is C7H14N2O2. The Kier molecular flexibility index (Phi) is 2.70. The molecule has 1 heterocycles. The average molecular weight is 158 g/mol. The quantitative estimate of drug-likeness (QED) is 0.554. The maximum atomic E-state index is 11.0. The average Bonchev–Trinajstić information content (AvgIpc) is 2.04. The van der Waals surface area contributed by atoms with Gasteiger partial charge in [0.05, 0.1) is 13.3 Å². The summed E-state index contributed by atoms with van der Waals surface area (Å²) in [6, 6.07) is 0. The highest BCUT2D eigenvalue weighted by atomic mass is 16.5. The summed E-state index contributed by atoms with van der Waals surface area (Å²) in [7, 11) is 1.41. The molecule has 4 nitrogen and oxygen atoms in total. The molecule has 1 atom stereocenters. The Bertz CT molecular complexity index is 149. The van der Waals surface area contributed by atoms with E-state index in [4.69, 9.17) is 0 Å². The van der Waals surface area contributed by atoms with Crippen molar-refractivity contribution in [3.8, 4) is 0 Å². The van der Waals surface area contributed by atoms with Crippen molar-refractivity contribution in [3.63, 3.8) is 0 Å². The van der Waals surface area contributed by atoms with Crippen LogP contribution in [0.3, 0.4) is 0 Å². The molecule has 0 spiro atoms. The van der Waals surface area contributed by atoms with Crippen LogP contribution in [-0.2, 0) is 4.74 Å². The number of carbonyl (C=O) groups excluding carboxylic acids is 1. The Morgan fingerprint density at radius 1 is 1.73 bits per heavy atom. The maximum absolute atomic E-state index is 11.0. The molecule has 1 N–H and O–H groups in total. The van der Waals surface area contributed by atoms with Crippen LogP contribution in [0.4, 0.5) is 4.79 Å². The zero-order chi connectivity index (χ0) is 8.27. The van der Waals surface area contributed by atoms with Crippen molar-refractivity contribution in [2.45, 2.75) is 19.5 Å². The normalized spacial score (nSPS) is 24.9. The molecule has 0 saturated carbocycles. The lowest BCUT2D eigenvalue weighted by atomic mass is 10.3. The Balaban J connectivity index is 2.47. The second-order valence-electron chi connectivity index (χ2n) is 2.65. The minimum absolute atomic E-state index is 0.108. The minimum atomic E-state index is -0.246. The topological polar surface area (TPSA) is 41.6 Å². The number of carbonyl (C=O) groups is 1. The van der Waals surface area contributed by atoms with E-state index in [1.165, 1.54) is 7.11 Å². The van der Waals surface area contributed by atoms with E-state index in [9.17, 15) is 4.79 Å². The van der Waals surface area contributed by atoms with Gasteiger partial charge in [-0.05, 0) is 19.9 Å². The lowest BCUT2D eigenvalue weighted by Crippen LogP contribution is -2.52. The Morgan fingerprint density at radius 2 is 2.45 bits per heavy atom. The largest absolute Gasteiger partial charge is 0.453 e. The highest BCUT2D eigenvalue weighted by Gasteiger charge is 2.22. The summed E-state index contributed by atoms with van der Waals surface area (Å²) in [6.45, 7) is 3.73. The minimum Gasteiger partial charge on any atom is -0.453 e. The molecule has 1 amide bonds. The predicted octanol–water partition coefficient (Wildman–Crippen LogP) is 0.394. The molecule has 0 radical (unpaired) electrons. The lowest BCUT2D eigenvalue weighted by Gasteiger charge is -2.32. The second-order valence-corrected chi connectivity index (χ2v) is 2.65. The molecule has 11 heavy (non-hydrogen) atoms. The van der Waals surface area contributed by atoms with Crippen LogP contribution in [0.2, 0.25) is 0 Å². The van der Waals surface area contributed by atoms with Gasteiger partial charge >= 0.3 is 6.09 Å². The summed E-state index contributed by atoms with van der Waals surface area (Å²) in [6.07, 6.45) is 0.861. The van der Waals surface area contributed by atoms with Gasteiger partial charge in [-0.25, -0.2) is 4.79 Å². The first-order valence-electron chi connectivity index (χ1n) is 3.83. The number of hydrogen-bond donors (Lipinski definition) is 1. The molecule has 4 heteroatoms. The van der Waals surface area contributed by atoms with Crippen LogP contribution in [0.1, 0.15) is 13.3 Å². The number of ether oxygens (including phenoxy) is 1. The molecule has 0 bridgehead atoms. The zero-order valence-electron chi connectivity index (χ0n) is 6.96. The van der Waals surface area contributed by atoms with Crippen LogP contribution >= 0.6 is 0 Å². The first-order chi connectivity index (χ1) is 5.25. The highest BCUT2D eigenvalue weighted by Crippen LogP contribution is 2.04. The summed E-state index contributed by atoms with van der Waals surface area (Å²) < 4.78 is 4.61. The molecule has 0 aliphatic carbocycles. The first-order valence-corrected chi connectivity index (χ1v) is 3.83. The molecule has 0 aromatic rings. The van der Waals surface area contributed by atoms with Gasteiger partial charge in [0.25, 0.3) is 0 Å². The zero-order valence-corrected chi connectivity index (χ0v) is 6.96. The van der Waals surface area contributed by atoms with Crippen LogP contribution in [0.5, 0.6) is 0 Å². The fraction of sp³-hybridized carbons (Fsp3) is 0.857. The smallest absolute Gasteiger partial charge is 0.410 e. The number of nitrogens with zero attached hydrogens (tertiary/aromatic N) is 1. The SMILES string of the molecule is COC(=O)N1CCCNC1C. The van der Waals surface area contributed by atoms with Crippen LogP contribution in [0, 0.1) is 0 Å². The van der Waals surface area contributed by atoms with E-state index in [0.29, 0.717) is 0 Å². The Hall–Kier alpha value is -0.770. The van der Waals surface area contributed by atoms with E-state index in [0.717, 1.165) is 19.5 Å². The van der Waals surface area contributed by atoms with Gasteiger partial charge in [0.1, 0.15) is 0 Å². The summed E-state index contributed by atoms with van der Waals surface area (Å²) in [5.41, 5.74) is 0. The third-order valence-electron chi connectivity index (χ3n) is 1.89. The van der Waals surface area contributed by atoms with Crippen molar-refractivity contribution in [1.82, 2.24) is 10.2 Å². The van der Waals surface area contributed by atoms with E-state index in [1.807, 2.05) is 6.92 Å². The van der Waals surface area contributed by atoms with Crippen molar-refractivity contribution in [1.29, 1.82) is 0 Å². The number of hydrogen-bond acceptors (Lipinski definition) is 3. The summed E-state index contributed by atoms with van der Waals surface area (Å²) >= 11 is 0. The molecule has 64 valence electrons. The van der Waals surface area contributed by atoms with E-state index in [-0.39, 0.29) is 12.3 Å². The maximum Gasteiger partial charge on any atom is 0.410 e. The monoisotopic (exact) mass is 158 g/mol. The van der Waals surface area contributed by atoms with Gasteiger partial charge in [-0.1, -0.05) is 0 Å². The van der Waals surface area contributed by atoms with E-state index < -0.39 is 0 Å².